The molecule has 0 rings (SSSR count). The molecule has 0 aromatic heterocycles. The summed E-state index contributed by atoms with van der Waals surface area (Å²) in [5.41, 5.74) is 8.13. The second-order valence-electron chi connectivity index (χ2n) is 4.21. The van der Waals surface area contributed by atoms with E-state index in [0.29, 0.717) is 0 Å². The van der Waals surface area contributed by atoms with Crippen molar-refractivity contribution >= 4 is 0 Å². The molecular weight excluding hydrogens is 158 g/mol. The van der Waals surface area contributed by atoms with Crippen LogP contribution in [0.25, 0.3) is 0 Å². The van der Waals surface area contributed by atoms with E-state index in [9.17, 15) is 0 Å². The van der Waals surface area contributed by atoms with Gasteiger partial charge in [0.1, 0.15) is 0 Å². The van der Waals surface area contributed by atoms with Gasteiger partial charge in [-0.1, -0.05) is 32.9 Å². The Morgan fingerprint density at radius 2 is 1.69 bits per heavy atom. The minimum absolute atomic E-state index is 0.152. The molecule has 0 aliphatic carbocycles. The van der Waals surface area contributed by atoms with Crippen molar-refractivity contribution in [2.75, 3.05) is 0 Å². The molecule has 74 valence electrons. The Bertz CT molecular complexity index is 236. The zero-order valence-corrected chi connectivity index (χ0v) is 9.39. The highest BCUT2D eigenvalue weighted by Crippen LogP contribution is 2.29. The number of hydrogen-bond acceptors (Lipinski definition) is 1. The van der Waals surface area contributed by atoms with E-state index in [4.69, 9.17) is 5.73 Å². The van der Waals surface area contributed by atoms with Crippen LogP contribution in [0.5, 0.6) is 0 Å². The summed E-state index contributed by atoms with van der Waals surface area (Å²) >= 11 is 0. The fourth-order valence-electron chi connectivity index (χ4n) is 1.41. The van der Waals surface area contributed by atoms with Crippen LogP contribution in [0.4, 0.5) is 0 Å². The van der Waals surface area contributed by atoms with Crippen LogP contribution in [-0.2, 0) is 0 Å². The Balaban J connectivity index is 5.12. The van der Waals surface area contributed by atoms with Crippen molar-refractivity contribution in [3.8, 4) is 0 Å². The lowest BCUT2D eigenvalue weighted by molar-refractivity contribution is 0.513. The Morgan fingerprint density at radius 3 is 2.00 bits per heavy atom. The normalized spacial score (nSPS) is 15.5. The molecule has 0 radical (unpaired) electrons. The second-order valence-corrected chi connectivity index (χ2v) is 4.21. The minimum Gasteiger partial charge on any atom is -0.405 e. The summed E-state index contributed by atoms with van der Waals surface area (Å²) in [6.07, 6.45) is 7.74. The van der Waals surface area contributed by atoms with Gasteiger partial charge < -0.3 is 5.73 Å². The van der Waals surface area contributed by atoms with Gasteiger partial charge in [0.2, 0.25) is 0 Å². The molecule has 0 saturated heterocycles. The summed E-state index contributed by atoms with van der Waals surface area (Å²) < 4.78 is 0. The highest BCUT2D eigenvalue weighted by atomic mass is 14.5. The number of hydrogen-bond donors (Lipinski definition) is 1. The van der Waals surface area contributed by atoms with E-state index in [1.54, 1.807) is 6.20 Å². The third-order valence-electron chi connectivity index (χ3n) is 1.91. The summed E-state index contributed by atoms with van der Waals surface area (Å²) in [5.74, 6) is 0. The van der Waals surface area contributed by atoms with Gasteiger partial charge in [-0.25, -0.2) is 0 Å². The highest BCUT2D eigenvalue weighted by molar-refractivity contribution is 5.35. The first-order chi connectivity index (χ1) is 5.93. The summed E-state index contributed by atoms with van der Waals surface area (Å²) in [6, 6.07) is 0. The molecule has 0 aliphatic heterocycles. The fraction of sp³-hybridized carbons (Fsp3) is 0.500. The van der Waals surface area contributed by atoms with Gasteiger partial charge in [0, 0.05) is 0 Å². The van der Waals surface area contributed by atoms with E-state index < -0.39 is 0 Å². The van der Waals surface area contributed by atoms with Crippen molar-refractivity contribution in [3.05, 3.63) is 35.6 Å². The molecule has 13 heavy (non-hydrogen) atoms. The first-order valence-corrected chi connectivity index (χ1v) is 4.65. The van der Waals surface area contributed by atoms with Crippen molar-refractivity contribution in [1.29, 1.82) is 0 Å². The second kappa shape index (κ2) is 4.90. The van der Waals surface area contributed by atoms with Crippen LogP contribution in [-0.4, -0.2) is 0 Å². The monoisotopic (exact) mass is 179 g/mol. The van der Waals surface area contributed by atoms with Crippen LogP contribution in [0.3, 0.4) is 0 Å². The van der Waals surface area contributed by atoms with E-state index >= 15 is 0 Å². The Hall–Kier alpha value is -0.980. The van der Waals surface area contributed by atoms with Gasteiger partial charge >= 0.3 is 0 Å². The Kier molecular flexibility index (Phi) is 4.53. The average Bonchev–Trinajstić information content (AvgIpc) is 1.98. The van der Waals surface area contributed by atoms with Crippen LogP contribution < -0.4 is 5.73 Å². The third kappa shape index (κ3) is 3.97. The van der Waals surface area contributed by atoms with Gasteiger partial charge in [0.05, 0.1) is 0 Å². The van der Waals surface area contributed by atoms with Gasteiger partial charge in [-0.05, 0) is 42.7 Å². The lowest BCUT2D eigenvalue weighted by Gasteiger charge is -2.22. The maximum absolute atomic E-state index is 5.42. The van der Waals surface area contributed by atoms with Crippen molar-refractivity contribution in [3.63, 3.8) is 0 Å². The zero-order valence-electron chi connectivity index (χ0n) is 9.39. The van der Waals surface area contributed by atoms with Gasteiger partial charge in [-0.3, -0.25) is 0 Å². The molecule has 1 heteroatoms. The van der Waals surface area contributed by atoms with Gasteiger partial charge in [-0.15, -0.1) is 0 Å². The number of allylic oxidation sites excluding steroid dienone is 5. The molecule has 0 amide bonds. The standard InChI is InChI=1S/C12H21N/c1-6-7-10(2)11(8-9-13)12(3,4)5/h6-9H,13H2,1-5H3/b7-6-,9-8-,11-10+. The molecule has 0 aromatic carbocycles. The number of nitrogens with two attached hydrogens (primary N) is 1. The quantitative estimate of drug-likeness (QED) is 0.646. The highest BCUT2D eigenvalue weighted by Gasteiger charge is 2.15. The van der Waals surface area contributed by atoms with Gasteiger partial charge in [0.25, 0.3) is 0 Å². The molecule has 1 nitrogen and oxygen atoms in total. The predicted molar refractivity (Wildman–Crippen MR) is 60.3 cm³/mol. The number of rotatable bonds is 2. The maximum Gasteiger partial charge on any atom is -0.00593 e. The molecule has 0 heterocycles. The van der Waals surface area contributed by atoms with E-state index in [1.807, 2.05) is 19.1 Å². The Labute approximate surface area is 82.0 Å². The summed E-state index contributed by atoms with van der Waals surface area (Å²) in [7, 11) is 0. The Morgan fingerprint density at radius 1 is 1.15 bits per heavy atom. The lowest BCUT2D eigenvalue weighted by atomic mass is 9.83. The van der Waals surface area contributed by atoms with Crippen molar-refractivity contribution in [2.45, 2.75) is 34.6 Å². The molecule has 2 N–H and O–H groups in total. The van der Waals surface area contributed by atoms with E-state index in [0.717, 1.165) is 0 Å². The van der Waals surface area contributed by atoms with Crippen molar-refractivity contribution in [1.82, 2.24) is 0 Å². The van der Waals surface area contributed by atoms with Gasteiger partial charge in [-0.2, -0.15) is 0 Å². The maximum atomic E-state index is 5.42. The molecule has 0 bridgehead atoms. The third-order valence-corrected chi connectivity index (χ3v) is 1.91. The molecule has 0 spiro atoms. The fourth-order valence-corrected chi connectivity index (χ4v) is 1.41. The smallest absolute Gasteiger partial charge is 0.00593 e. The van der Waals surface area contributed by atoms with Crippen LogP contribution in [0, 0.1) is 5.41 Å². The summed E-state index contributed by atoms with van der Waals surface area (Å²) in [6.45, 7) is 10.7. The largest absolute Gasteiger partial charge is 0.405 e. The lowest BCUT2D eigenvalue weighted by Crippen LogP contribution is -2.09. The first kappa shape index (κ1) is 12.0. The molecular formula is C12H21N. The molecule has 0 saturated carbocycles. The van der Waals surface area contributed by atoms with Crippen LogP contribution in [0.2, 0.25) is 0 Å². The van der Waals surface area contributed by atoms with Crippen LogP contribution in [0.15, 0.2) is 35.6 Å². The summed E-state index contributed by atoms with van der Waals surface area (Å²) in [4.78, 5) is 0. The first-order valence-electron chi connectivity index (χ1n) is 4.65. The molecule has 0 aliphatic rings. The van der Waals surface area contributed by atoms with E-state index in [1.165, 1.54) is 11.1 Å². The van der Waals surface area contributed by atoms with E-state index in [-0.39, 0.29) is 5.41 Å². The average molecular weight is 179 g/mol. The van der Waals surface area contributed by atoms with Crippen molar-refractivity contribution in [2.24, 2.45) is 11.1 Å². The van der Waals surface area contributed by atoms with Gasteiger partial charge in [0.15, 0.2) is 0 Å². The van der Waals surface area contributed by atoms with E-state index in [2.05, 4.69) is 33.8 Å². The van der Waals surface area contributed by atoms with Crippen LogP contribution in [0.1, 0.15) is 34.6 Å². The SMILES string of the molecule is C\C=C/C(C)=C(\C=C/N)C(C)(C)C. The molecule has 0 atom stereocenters. The summed E-state index contributed by atoms with van der Waals surface area (Å²) in [5, 5.41) is 0. The zero-order chi connectivity index (χ0) is 10.5. The predicted octanol–water partition coefficient (Wildman–Crippen LogP) is 3.40. The molecule has 0 fully saturated rings. The van der Waals surface area contributed by atoms with Crippen LogP contribution >= 0.6 is 0 Å². The molecule has 0 aromatic rings. The molecule has 0 unspecified atom stereocenters. The topological polar surface area (TPSA) is 26.0 Å². The minimum atomic E-state index is 0.152. The van der Waals surface area contributed by atoms with Crippen molar-refractivity contribution < 1.29 is 0 Å².